The molecule has 0 bridgehead atoms. The van der Waals surface area contributed by atoms with Gasteiger partial charge in [-0.1, -0.05) is 152 Å². The van der Waals surface area contributed by atoms with Crippen LogP contribution in [0, 0.1) is 0 Å². The number of fused-ring (bicyclic) bond motifs is 22. The molecule has 18 rings (SSSR count). The zero-order valence-corrected chi connectivity index (χ0v) is 46.3. The van der Waals surface area contributed by atoms with E-state index in [9.17, 15) is 26.3 Å². The van der Waals surface area contributed by atoms with Crippen molar-refractivity contribution in [1.82, 2.24) is 4.57 Å². The lowest BCUT2D eigenvalue weighted by Crippen LogP contribution is -2.33. The molecule has 3 aromatic heterocycles. The average molecular weight is 1160 g/mol. The molecule has 4 heterocycles. The molecule has 13 aromatic carbocycles. The third kappa shape index (κ3) is 6.95. The third-order valence-electron chi connectivity index (χ3n) is 18.4. The second kappa shape index (κ2) is 18.0. The van der Waals surface area contributed by atoms with Crippen LogP contribution in [0.5, 0.6) is 0 Å². The lowest BCUT2D eigenvalue weighted by atomic mass is 9.65. The van der Waals surface area contributed by atoms with Crippen molar-refractivity contribution in [2.45, 2.75) is 17.8 Å². The Morgan fingerprint density at radius 3 is 1.33 bits per heavy atom. The van der Waals surface area contributed by atoms with E-state index in [1.54, 1.807) is 0 Å². The van der Waals surface area contributed by atoms with Gasteiger partial charge in [-0.2, -0.15) is 26.3 Å². The second-order valence-electron chi connectivity index (χ2n) is 22.9. The third-order valence-corrected chi connectivity index (χ3v) is 18.4. The van der Waals surface area contributed by atoms with Crippen molar-refractivity contribution in [2.75, 3.05) is 9.80 Å². The van der Waals surface area contributed by atoms with E-state index in [0.29, 0.717) is 56.5 Å². The minimum absolute atomic E-state index is 0.457. The van der Waals surface area contributed by atoms with Gasteiger partial charge in [0, 0.05) is 55.1 Å². The number of nitrogens with zero attached hydrogens (tertiary/aromatic N) is 3. The molecule has 1 aliphatic heterocycles. The summed E-state index contributed by atoms with van der Waals surface area (Å²) >= 11 is 0. The van der Waals surface area contributed by atoms with Crippen LogP contribution in [-0.2, 0) is 17.8 Å². The van der Waals surface area contributed by atoms with E-state index in [4.69, 9.17) is 8.83 Å². The summed E-state index contributed by atoms with van der Waals surface area (Å²) in [6, 6.07) is 82.8. The van der Waals surface area contributed by atoms with Crippen LogP contribution in [0.3, 0.4) is 0 Å². The predicted molar refractivity (Wildman–Crippen MR) is 341 cm³/mol. The topological polar surface area (TPSA) is 37.7 Å². The number of rotatable bonds is 6. The summed E-state index contributed by atoms with van der Waals surface area (Å²) in [5, 5.41) is 9.45. The van der Waals surface area contributed by atoms with Crippen LogP contribution in [0.25, 0.3) is 104 Å². The first-order chi connectivity index (χ1) is 42.9. The highest BCUT2D eigenvalue weighted by Crippen LogP contribution is 2.64. The summed E-state index contributed by atoms with van der Waals surface area (Å²) in [7, 11) is 0. The minimum atomic E-state index is -4.60. The number of hydrogen-bond donors (Lipinski definition) is 0. The predicted octanol–water partition coefficient (Wildman–Crippen LogP) is 22.5. The monoisotopic (exact) mass is 1160 g/mol. The van der Waals surface area contributed by atoms with Crippen molar-refractivity contribution in [1.29, 1.82) is 0 Å². The van der Waals surface area contributed by atoms with Crippen molar-refractivity contribution >= 4 is 121 Å². The SMILES string of the molecule is FC(F)(F)c1ccc(N(c2ccc3c(c2)c2cc(N(c4ccc(C(F)(F)F)cc4)c4cccc5c4oc4ccccc45)cc4c2n3-c2ccccc2C42c3ccc4ccccc4c3-c3c2ccc2ccccc32)c2cccc3c2oc2ccccc23)cc1. The van der Waals surface area contributed by atoms with Gasteiger partial charge < -0.3 is 23.2 Å². The Balaban J connectivity index is 1.00. The van der Waals surface area contributed by atoms with E-state index in [-0.39, 0.29) is 0 Å². The van der Waals surface area contributed by atoms with Gasteiger partial charge in [0.1, 0.15) is 11.2 Å². The van der Waals surface area contributed by atoms with Crippen molar-refractivity contribution in [3.8, 4) is 16.8 Å². The van der Waals surface area contributed by atoms with Gasteiger partial charge in [-0.3, -0.25) is 0 Å². The lowest BCUT2D eigenvalue weighted by Gasteiger charge is -2.40. The molecule has 0 saturated heterocycles. The number of anilines is 6. The fourth-order valence-electron chi connectivity index (χ4n) is 14.8. The van der Waals surface area contributed by atoms with Gasteiger partial charge >= 0.3 is 12.4 Å². The molecular formula is C77H43F6N3O2. The van der Waals surface area contributed by atoms with E-state index < -0.39 is 28.9 Å². The molecule has 2 aliphatic rings. The average Bonchev–Trinajstić information content (AvgIpc) is 1.47. The molecule has 1 aliphatic carbocycles. The Labute approximate surface area is 497 Å². The van der Waals surface area contributed by atoms with Gasteiger partial charge in [-0.25, -0.2) is 0 Å². The smallest absolute Gasteiger partial charge is 0.416 e. The molecule has 0 amide bonds. The van der Waals surface area contributed by atoms with Gasteiger partial charge in [-0.15, -0.1) is 0 Å². The van der Waals surface area contributed by atoms with E-state index in [1.807, 2.05) is 101 Å². The van der Waals surface area contributed by atoms with Gasteiger partial charge in [0.15, 0.2) is 11.2 Å². The maximum atomic E-state index is 14.7. The minimum Gasteiger partial charge on any atom is -0.454 e. The maximum absolute atomic E-state index is 14.7. The summed E-state index contributed by atoms with van der Waals surface area (Å²) in [6.07, 6.45) is -9.19. The standard InChI is InChI=1S/C77H43F6N3O2/c78-76(79,80)46-29-33-48(34-30-46)84(66-23-11-19-56-54-17-5-9-25-68(54)87-73(56)66)50-37-40-64-58(41-50)59-42-51(85(49-35-31-47(32-36-49)77(81,82)83)67-24-12-20-57-55-18-6-10-26-69(55)88-74(57)67)43-63-72(59)86(64)65-22-8-7-21-60(65)75(63)61-38-27-44-13-1-3-15-52(44)70(61)71-53-16-4-2-14-45(53)28-39-62(71)75/h1-43H. The van der Waals surface area contributed by atoms with Crippen LogP contribution in [-0.4, -0.2) is 4.57 Å². The van der Waals surface area contributed by atoms with Crippen molar-refractivity contribution in [3.63, 3.8) is 0 Å². The Morgan fingerprint density at radius 1 is 0.330 bits per heavy atom. The molecule has 5 nitrogen and oxygen atoms in total. The second-order valence-corrected chi connectivity index (χ2v) is 22.9. The van der Waals surface area contributed by atoms with Crippen LogP contribution in [0.4, 0.5) is 60.5 Å². The van der Waals surface area contributed by atoms with E-state index >= 15 is 0 Å². The van der Waals surface area contributed by atoms with Crippen LogP contribution >= 0.6 is 0 Å². The van der Waals surface area contributed by atoms with Crippen molar-refractivity contribution in [2.24, 2.45) is 0 Å². The quantitative estimate of drug-likeness (QED) is 0.156. The van der Waals surface area contributed by atoms with Crippen LogP contribution in [0.15, 0.2) is 270 Å². The summed E-state index contributed by atoms with van der Waals surface area (Å²) in [5.41, 5.74) is 12.3. The number of aromatic nitrogens is 1. The summed E-state index contributed by atoms with van der Waals surface area (Å²) in [6.45, 7) is 0. The highest BCUT2D eigenvalue weighted by molar-refractivity contribution is 6.19. The Bertz CT molecular complexity index is 5550. The summed E-state index contributed by atoms with van der Waals surface area (Å²) in [4.78, 5) is 3.96. The molecule has 0 atom stereocenters. The number of hydrogen-bond acceptors (Lipinski definition) is 4. The number of benzene rings is 13. The zero-order valence-electron chi connectivity index (χ0n) is 46.3. The molecule has 1 spiro atoms. The zero-order chi connectivity index (χ0) is 58.9. The Kier molecular flexibility index (Phi) is 10.3. The molecule has 11 heteroatoms. The highest BCUT2D eigenvalue weighted by Gasteiger charge is 2.52. The first-order valence-electron chi connectivity index (χ1n) is 28.9. The molecule has 0 N–H and O–H groups in total. The summed E-state index contributed by atoms with van der Waals surface area (Å²) in [5.74, 6) is 0. The van der Waals surface area contributed by atoms with Gasteiger partial charge in [0.25, 0.3) is 0 Å². The molecule has 0 fully saturated rings. The van der Waals surface area contributed by atoms with Crippen LogP contribution in [0.2, 0.25) is 0 Å². The molecule has 420 valence electrons. The molecule has 88 heavy (non-hydrogen) atoms. The Hall–Kier alpha value is -11.0. The molecule has 16 aromatic rings. The van der Waals surface area contributed by atoms with E-state index in [1.165, 1.54) is 24.3 Å². The highest BCUT2D eigenvalue weighted by atomic mass is 19.4. The number of para-hydroxylation sites is 5. The molecule has 0 radical (unpaired) electrons. The van der Waals surface area contributed by atoms with Gasteiger partial charge in [0.05, 0.1) is 44.6 Å². The van der Waals surface area contributed by atoms with Crippen LogP contribution < -0.4 is 9.80 Å². The number of alkyl halides is 6. The molecule has 0 saturated carbocycles. The van der Waals surface area contributed by atoms with Crippen LogP contribution in [0.1, 0.15) is 33.4 Å². The summed E-state index contributed by atoms with van der Waals surface area (Å²) < 4.78 is 103. The lowest BCUT2D eigenvalue weighted by molar-refractivity contribution is -0.138. The van der Waals surface area contributed by atoms with Gasteiger partial charge in [-0.05, 0) is 164 Å². The van der Waals surface area contributed by atoms with Gasteiger partial charge in [0.2, 0.25) is 0 Å². The molecule has 0 unspecified atom stereocenters. The van der Waals surface area contributed by atoms with E-state index in [0.717, 1.165) is 128 Å². The molecular weight excluding hydrogens is 1110 g/mol. The fourth-order valence-corrected chi connectivity index (χ4v) is 14.8. The van der Waals surface area contributed by atoms with E-state index in [2.05, 4.69) is 126 Å². The van der Waals surface area contributed by atoms with Crippen molar-refractivity contribution in [3.05, 3.63) is 294 Å². The normalized spacial score (nSPS) is 13.4. The largest absolute Gasteiger partial charge is 0.454 e. The maximum Gasteiger partial charge on any atom is 0.416 e. The number of furan rings is 2. The Morgan fingerprint density at radius 2 is 0.784 bits per heavy atom. The fraction of sp³-hybridized carbons (Fsp3) is 0.0390. The van der Waals surface area contributed by atoms with Crippen molar-refractivity contribution < 1.29 is 35.2 Å². The number of halogens is 6. The first kappa shape index (κ1) is 50.3. The first-order valence-corrected chi connectivity index (χ1v) is 28.9.